The number of nitrogens with zero attached hydrogens (tertiary/aromatic N) is 4. The maximum absolute atomic E-state index is 13.3. The van der Waals surface area contributed by atoms with E-state index >= 15 is 0 Å². The van der Waals surface area contributed by atoms with E-state index in [1.807, 2.05) is 36.2 Å². The van der Waals surface area contributed by atoms with Gasteiger partial charge in [-0.05, 0) is 86.4 Å². The number of amides is 1. The molecule has 2 aliphatic rings. The minimum Gasteiger partial charge on any atom is -0.358 e. The summed E-state index contributed by atoms with van der Waals surface area (Å²) in [6.07, 6.45) is -0.168. The van der Waals surface area contributed by atoms with Crippen molar-refractivity contribution in [2.75, 3.05) is 39.3 Å². The molecule has 0 unspecified atom stereocenters. The number of alkyl halides is 3. The molecule has 0 spiro atoms. The second-order valence-corrected chi connectivity index (χ2v) is 11.6. The lowest BCUT2D eigenvalue weighted by Crippen LogP contribution is -2.48. The second kappa shape index (κ2) is 11.9. The number of piperazine rings is 1. The largest absolute Gasteiger partial charge is 0.416 e. The van der Waals surface area contributed by atoms with E-state index in [1.165, 1.54) is 23.4 Å². The third kappa shape index (κ3) is 6.52. The number of aromatic amines is 1. The monoisotopic (exact) mass is 575 g/mol. The third-order valence-electron chi connectivity index (χ3n) is 8.64. The number of aryl methyl sites for hydroxylation is 1. The molecule has 2 aliphatic heterocycles. The number of hydrogen-bond acceptors (Lipinski definition) is 4. The Morgan fingerprint density at radius 2 is 1.52 bits per heavy atom. The predicted molar refractivity (Wildman–Crippen MR) is 157 cm³/mol. The van der Waals surface area contributed by atoms with Crippen molar-refractivity contribution in [1.82, 2.24) is 24.7 Å². The molecule has 2 fully saturated rings. The maximum Gasteiger partial charge on any atom is 0.416 e. The first-order chi connectivity index (χ1) is 20.2. The van der Waals surface area contributed by atoms with Gasteiger partial charge in [-0.25, -0.2) is 0 Å². The van der Waals surface area contributed by atoms with E-state index in [9.17, 15) is 18.0 Å². The number of benzene rings is 2. The summed E-state index contributed by atoms with van der Waals surface area (Å²) in [5.74, 6) is 0.495. The molecule has 0 atom stereocenters. The zero-order valence-corrected chi connectivity index (χ0v) is 23.8. The average Bonchev–Trinajstić information content (AvgIpc) is 3.42. The van der Waals surface area contributed by atoms with E-state index in [2.05, 4.69) is 38.0 Å². The molecule has 4 heterocycles. The summed E-state index contributed by atoms with van der Waals surface area (Å²) in [5.41, 5.74) is 5.47. The van der Waals surface area contributed by atoms with Gasteiger partial charge in [-0.3, -0.25) is 19.6 Å². The predicted octanol–water partition coefficient (Wildman–Crippen LogP) is 6.23. The molecule has 2 aromatic heterocycles. The van der Waals surface area contributed by atoms with Crippen LogP contribution in [0.5, 0.6) is 0 Å². The highest BCUT2D eigenvalue weighted by atomic mass is 19.4. The summed E-state index contributed by atoms with van der Waals surface area (Å²) in [7, 11) is 0. The van der Waals surface area contributed by atoms with Gasteiger partial charge in [0.2, 0.25) is 0 Å². The fourth-order valence-electron chi connectivity index (χ4n) is 6.11. The van der Waals surface area contributed by atoms with Gasteiger partial charge in [0.25, 0.3) is 5.91 Å². The van der Waals surface area contributed by atoms with Crippen molar-refractivity contribution in [1.29, 1.82) is 0 Å². The standard InChI is InChI=1S/C33H36F3N5O/c1-23-2-3-25(20-37-23)22-39-12-10-26(11-13-39)31-19-28-18-27(6-9-30(28)38-31)32(42)41-16-14-40(15-17-41)21-24-4-7-29(8-5-24)33(34,35)36/h2-9,18-20,26,38H,10-17,21-22H2,1H3. The van der Waals surface area contributed by atoms with E-state index in [1.54, 1.807) is 0 Å². The summed E-state index contributed by atoms with van der Waals surface area (Å²) in [6.45, 7) is 8.14. The van der Waals surface area contributed by atoms with Crippen LogP contribution in [0.3, 0.4) is 0 Å². The summed E-state index contributed by atoms with van der Waals surface area (Å²) >= 11 is 0. The molecular formula is C33H36F3N5O. The van der Waals surface area contributed by atoms with Crippen LogP contribution < -0.4 is 0 Å². The Morgan fingerprint density at radius 1 is 0.857 bits per heavy atom. The van der Waals surface area contributed by atoms with Crippen LogP contribution in [0, 0.1) is 6.92 Å². The van der Waals surface area contributed by atoms with E-state index in [4.69, 9.17) is 0 Å². The van der Waals surface area contributed by atoms with Gasteiger partial charge in [0.15, 0.2) is 0 Å². The smallest absolute Gasteiger partial charge is 0.358 e. The van der Waals surface area contributed by atoms with Crippen molar-refractivity contribution in [2.45, 2.75) is 44.9 Å². The fourth-order valence-corrected chi connectivity index (χ4v) is 6.11. The normalized spacial score (nSPS) is 17.7. The maximum atomic E-state index is 13.3. The molecule has 2 aromatic carbocycles. The third-order valence-corrected chi connectivity index (χ3v) is 8.64. The first-order valence-corrected chi connectivity index (χ1v) is 14.7. The number of likely N-dealkylation sites (tertiary alicyclic amines) is 1. The van der Waals surface area contributed by atoms with Crippen molar-refractivity contribution >= 4 is 16.8 Å². The average molecular weight is 576 g/mol. The fraction of sp³-hybridized carbons (Fsp3) is 0.394. The summed E-state index contributed by atoms with van der Waals surface area (Å²) in [4.78, 5) is 27.9. The van der Waals surface area contributed by atoms with Crippen molar-refractivity contribution in [2.24, 2.45) is 0 Å². The summed E-state index contributed by atoms with van der Waals surface area (Å²) < 4.78 is 38.5. The number of aromatic nitrogens is 2. The number of fused-ring (bicyclic) bond motifs is 1. The molecule has 6 rings (SSSR count). The number of hydrogen-bond donors (Lipinski definition) is 1. The Hall–Kier alpha value is -3.69. The Morgan fingerprint density at radius 3 is 2.19 bits per heavy atom. The van der Waals surface area contributed by atoms with Crippen LogP contribution in [0.25, 0.3) is 10.9 Å². The Bertz CT molecular complexity index is 1510. The number of pyridine rings is 1. The Labute approximate surface area is 244 Å². The van der Waals surface area contributed by atoms with Gasteiger partial charge < -0.3 is 9.88 Å². The SMILES string of the molecule is Cc1ccc(CN2CCC(c3cc4cc(C(=O)N5CCN(Cc6ccc(C(F)(F)F)cc6)CC5)ccc4[nH]3)CC2)cn1. The van der Waals surface area contributed by atoms with E-state index in [0.29, 0.717) is 44.2 Å². The summed E-state index contributed by atoms with van der Waals surface area (Å²) in [5, 5.41) is 1.06. The van der Waals surface area contributed by atoms with Crippen molar-refractivity contribution in [3.8, 4) is 0 Å². The zero-order chi connectivity index (χ0) is 29.3. The minimum absolute atomic E-state index is 0.0210. The van der Waals surface area contributed by atoms with Crippen LogP contribution >= 0.6 is 0 Å². The van der Waals surface area contributed by atoms with Crippen molar-refractivity contribution < 1.29 is 18.0 Å². The van der Waals surface area contributed by atoms with Crippen LogP contribution in [0.4, 0.5) is 13.2 Å². The molecular weight excluding hydrogens is 539 g/mol. The summed E-state index contributed by atoms with van der Waals surface area (Å²) in [6, 6.07) is 17.7. The van der Waals surface area contributed by atoms with Crippen LogP contribution in [0.2, 0.25) is 0 Å². The lowest BCUT2D eigenvalue weighted by atomic mass is 9.93. The van der Waals surface area contributed by atoms with E-state index < -0.39 is 11.7 Å². The van der Waals surface area contributed by atoms with Crippen molar-refractivity contribution in [3.63, 3.8) is 0 Å². The molecule has 0 aliphatic carbocycles. The molecule has 4 aromatic rings. The molecule has 42 heavy (non-hydrogen) atoms. The van der Waals surface area contributed by atoms with Crippen LogP contribution in [-0.4, -0.2) is 69.8 Å². The Balaban J connectivity index is 1.02. The molecule has 0 radical (unpaired) electrons. The van der Waals surface area contributed by atoms with E-state index in [-0.39, 0.29) is 5.91 Å². The van der Waals surface area contributed by atoms with Gasteiger partial charge in [-0.15, -0.1) is 0 Å². The van der Waals surface area contributed by atoms with Crippen LogP contribution in [0.15, 0.2) is 66.9 Å². The zero-order valence-electron chi connectivity index (χ0n) is 23.8. The topological polar surface area (TPSA) is 55.5 Å². The molecule has 2 saturated heterocycles. The lowest BCUT2D eigenvalue weighted by molar-refractivity contribution is -0.137. The molecule has 6 nitrogen and oxygen atoms in total. The number of carbonyl (C=O) groups excluding carboxylic acids is 1. The van der Waals surface area contributed by atoms with E-state index in [0.717, 1.165) is 66.8 Å². The van der Waals surface area contributed by atoms with Crippen LogP contribution in [0.1, 0.15) is 57.2 Å². The Kier molecular flexibility index (Phi) is 8.05. The number of halogens is 3. The molecule has 1 N–H and O–H groups in total. The number of H-pyrrole nitrogens is 1. The van der Waals surface area contributed by atoms with Crippen molar-refractivity contribution in [3.05, 3.63) is 101 Å². The molecule has 220 valence electrons. The quantitative estimate of drug-likeness (QED) is 0.296. The highest BCUT2D eigenvalue weighted by Gasteiger charge is 2.30. The van der Waals surface area contributed by atoms with Gasteiger partial charge in [0.05, 0.1) is 5.56 Å². The molecule has 1 amide bonds. The highest BCUT2D eigenvalue weighted by Crippen LogP contribution is 2.31. The van der Waals surface area contributed by atoms with Crippen LogP contribution in [-0.2, 0) is 19.3 Å². The number of rotatable bonds is 6. The first-order valence-electron chi connectivity index (χ1n) is 14.7. The first kappa shape index (κ1) is 28.4. The van der Waals surface area contributed by atoms with Gasteiger partial charge in [0.1, 0.15) is 0 Å². The van der Waals surface area contributed by atoms with Gasteiger partial charge in [0, 0.05) is 79.2 Å². The number of piperidine rings is 1. The second-order valence-electron chi connectivity index (χ2n) is 11.6. The van der Waals surface area contributed by atoms with Gasteiger partial charge >= 0.3 is 6.18 Å². The number of carbonyl (C=O) groups is 1. The van der Waals surface area contributed by atoms with Gasteiger partial charge in [-0.2, -0.15) is 13.2 Å². The highest BCUT2D eigenvalue weighted by molar-refractivity contribution is 5.98. The lowest BCUT2D eigenvalue weighted by Gasteiger charge is -2.34. The minimum atomic E-state index is -4.33. The number of nitrogens with one attached hydrogen (secondary N) is 1. The van der Waals surface area contributed by atoms with Gasteiger partial charge in [-0.1, -0.05) is 18.2 Å². The molecule has 0 bridgehead atoms. The molecule has 9 heteroatoms. The molecule has 0 saturated carbocycles.